The number of aromatic hydroxyl groups is 1. The van der Waals surface area contributed by atoms with Gasteiger partial charge in [0, 0.05) is 17.7 Å². The molecule has 0 saturated carbocycles. The maximum absolute atomic E-state index is 9.99. The van der Waals surface area contributed by atoms with Gasteiger partial charge in [0.05, 0.1) is 7.11 Å². The van der Waals surface area contributed by atoms with Crippen LogP contribution >= 0.6 is 0 Å². The summed E-state index contributed by atoms with van der Waals surface area (Å²) in [4.78, 5) is 0. The smallest absolute Gasteiger partial charge is 0.122 e. The van der Waals surface area contributed by atoms with E-state index in [0.717, 1.165) is 55.4 Å². The number of methoxy groups -OCH3 is 1. The molecule has 0 aliphatic carbocycles. The number of phenols is 1. The quantitative estimate of drug-likeness (QED) is 0.699. The van der Waals surface area contributed by atoms with Crippen molar-refractivity contribution in [1.29, 1.82) is 0 Å². The monoisotopic (exact) mass is 252 g/mol. The highest BCUT2D eigenvalue weighted by Gasteiger charge is 2.13. The predicted octanol–water partition coefficient (Wildman–Crippen LogP) is 3.06. The summed E-state index contributed by atoms with van der Waals surface area (Å²) in [6.07, 6.45) is 5.59. The van der Waals surface area contributed by atoms with Crippen LogP contribution in [0.25, 0.3) is 0 Å². The summed E-state index contributed by atoms with van der Waals surface area (Å²) in [5.74, 6) is 1.21. The molecule has 0 spiro atoms. The van der Waals surface area contributed by atoms with E-state index in [1.807, 2.05) is 6.07 Å². The lowest BCUT2D eigenvalue weighted by molar-refractivity contribution is 0.284. The molecule has 0 aliphatic rings. The van der Waals surface area contributed by atoms with E-state index >= 15 is 0 Å². The van der Waals surface area contributed by atoms with Crippen molar-refractivity contribution in [3.8, 4) is 11.5 Å². The number of rotatable bonds is 8. The Morgan fingerprint density at radius 2 is 1.78 bits per heavy atom. The van der Waals surface area contributed by atoms with Crippen molar-refractivity contribution in [2.75, 3.05) is 13.7 Å². The van der Waals surface area contributed by atoms with Crippen LogP contribution < -0.4 is 4.74 Å². The number of ether oxygens (including phenoxy) is 1. The number of hydrogen-bond donors (Lipinski definition) is 2. The number of aliphatic hydroxyl groups is 1. The van der Waals surface area contributed by atoms with Crippen LogP contribution in [0.5, 0.6) is 11.5 Å². The lowest BCUT2D eigenvalue weighted by Gasteiger charge is -2.15. The predicted molar refractivity (Wildman–Crippen MR) is 73.3 cm³/mol. The molecule has 2 N–H and O–H groups in total. The van der Waals surface area contributed by atoms with E-state index in [1.54, 1.807) is 13.2 Å². The molecule has 18 heavy (non-hydrogen) atoms. The average molecular weight is 252 g/mol. The summed E-state index contributed by atoms with van der Waals surface area (Å²) in [5.41, 5.74) is 2.11. The number of phenolic OH excluding ortho intramolecular Hbond substituents is 1. The van der Waals surface area contributed by atoms with Crippen molar-refractivity contribution in [2.45, 2.75) is 45.4 Å². The van der Waals surface area contributed by atoms with Gasteiger partial charge in [-0.2, -0.15) is 0 Å². The maximum atomic E-state index is 9.99. The average Bonchev–Trinajstić information content (AvgIpc) is 2.38. The first kappa shape index (κ1) is 14.8. The van der Waals surface area contributed by atoms with Gasteiger partial charge >= 0.3 is 0 Å². The number of benzene rings is 1. The van der Waals surface area contributed by atoms with Crippen molar-refractivity contribution >= 4 is 0 Å². The van der Waals surface area contributed by atoms with E-state index in [-0.39, 0.29) is 6.61 Å². The Morgan fingerprint density at radius 1 is 1.06 bits per heavy atom. The lowest BCUT2D eigenvalue weighted by atomic mass is 9.96. The van der Waals surface area contributed by atoms with Gasteiger partial charge in [-0.3, -0.25) is 0 Å². The number of unbranched alkanes of at least 4 members (excludes halogenated alkanes) is 2. The molecular formula is C15H24O3. The van der Waals surface area contributed by atoms with Crippen LogP contribution in [0.2, 0.25) is 0 Å². The van der Waals surface area contributed by atoms with Crippen LogP contribution in [0, 0.1) is 0 Å². The van der Waals surface area contributed by atoms with Gasteiger partial charge in [-0.25, -0.2) is 0 Å². The largest absolute Gasteiger partial charge is 0.508 e. The van der Waals surface area contributed by atoms with Gasteiger partial charge < -0.3 is 14.9 Å². The zero-order valence-corrected chi connectivity index (χ0v) is 11.4. The fourth-order valence-electron chi connectivity index (χ4n) is 2.17. The van der Waals surface area contributed by atoms with Gasteiger partial charge in [-0.15, -0.1) is 0 Å². The Morgan fingerprint density at radius 3 is 2.39 bits per heavy atom. The zero-order valence-electron chi connectivity index (χ0n) is 11.4. The molecule has 0 amide bonds. The van der Waals surface area contributed by atoms with Crippen LogP contribution in [0.1, 0.15) is 43.7 Å². The molecule has 1 rings (SSSR count). The maximum Gasteiger partial charge on any atom is 0.122 e. The summed E-state index contributed by atoms with van der Waals surface area (Å²) in [6, 6.07) is 3.53. The molecule has 0 fully saturated rings. The molecule has 0 atom stereocenters. The topological polar surface area (TPSA) is 49.7 Å². The Hall–Kier alpha value is -1.22. The van der Waals surface area contributed by atoms with Gasteiger partial charge in [0.2, 0.25) is 0 Å². The lowest BCUT2D eigenvalue weighted by Crippen LogP contribution is -2.00. The van der Waals surface area contributed by atoms with Crippen molar-refractivity contribution in [3.63, 3.8) is 0 Å². The van der Waals surface area contributed by atoms with Crippen LogP contribution in [-0.4, -0.2) is 23.9 Å². The second kappa shape index (κ2) is 7.98. The Kier molecular flexibility index (Phi) is 6.58. The van der Waals surface area contributed by atoms with E-state index in [1.165, 1.54) is 0 Å². The highest BCUT2D eigenvalue weighted by atomic mass is 16.5. The SMILES string of the molecule is CCCCc1c(O)ccc(OC)c1CCCCO. The highest BCUT2D eigenvalue weighted by Crippen LogP contribution is 2.32. The molecule has 0 unspecified atom stereocenters. The van der Waals surface area contributed by atoms with Gasteiger partial charge in [-0.05, 0) is 44.2 Å². The van der Waals surface area contributed by atoms with Crippen LogP contribution in [0.4, 0.5) is 0 Å². The Balaban J connectivity index is 2.94. The van der Waals surface area contributed by atoms with Crippen molar-refractivity contribution in [1.82, 2.24) is 0 Å². The first-order chi connectivity index (χ1) is 8.74. The highest BCUT2D eigenvalue weighted by molar-refractivity contribution is 5.48. The van der Waals surface area contributed by atoms with Crippen molar-refractivity contribution < 1.29 is 14.9 Å². The first-order valence-electron chi connectivity index (χ1n) is 6.73. The van der Waals surface area contributed by atoms with E-state index in [9.17, 15) is 5.11 Å². The second-order valence-corrected chi connectivity index (χ2v) is 4.53. The van der Waals surface area contributed by atoms with Crippen molar-refractivity contribution in [3.05, 3.63) is 23.3 Å². The zero-order chi connectivity index (χ0) is 13.4. The molecular weight excluding hydrogens is 228 g/mol. The second-order valence-electron chi connectivity index (χ2n) is 4.53. The summed E-state index contributed by atoms with van der Waals surface area (Å²) in [7, 11) is 1.66. The third kappa shape index (κ3) is 3.91. The van der Waals surface area contributed by atoms with Crippen molar-refractivity contribution in [2.24, 2.45) is 0 Å². The normalized spacial score (nSPS) is 10.6. The fourth-order valence-corrected chi connectivity index (χ4v) is 2.17. The third-order valence-corrected chi connectivity index (χ3v) is 3.20. The summed E-state index contributed by atoms with van der Waals surface area (Å²) in [5, 5.41) is 18.8. The van der Waals surface area contributed by atoms with Crippen LogP contribution in [-0.2, 0) is 12.8 Å². The molecule has 3 heteroatoms. The summed E-state index contributed by atoms with van der Waals surface area (Å²) < 4.78 is 5.38. The number of hydrogen-bond acceptors (Lipinski definition) is 3. The molecule has 0 heterocycles. The van der Waals surface area contributed by atoms with Crippen LogP contribution in [0.15, 0.2) is 12.1 Å². The molecule has 0 aliphatic heterocycles. The van der Waals surface area contributed by atoms with Gasteiger partial charge in [0.25, 0.3) is 0 Å². The molecule has 102 valence electrons. The van der Waals surface area contributed by atoms with Crippen LogP contribution in [0.3, 0.4) is 0 Å². The molecule has 1 aromatic carbocycles. The Labute approximate surface area is 109 Å². The van der Waals surface area contributed by atoms with Gasteiger partial charge in [0.15, 0.2) is 0 Å². The summed E-state index contributed by atoms with van der Waals surface area (Å²) in [6.45, 7) is 2.36. The minimum absolute atomic E-state index is 0.214. The molecule has 3 nitrogen and oxygen atoms in total. The van der Waals surface area contributed by atoms with Gasteiger partial charge in [-0.1, -0.05) is 13.3 Å². The van der Waals surface area contributed by atoms with E-state index < -0.39 is 0 Å². The first-order valence-corrected chi connectivity index (χ1v) is 6.73. The molecule has 0 saturated heterocycles. The summed E-state index contributed by atoms with van der Waals surface area (Å²) >= 11 is 0. The van der Waals surface area contributed by atoms with E-state index in [4.69, 9.17) is 9.84 Å². The minimum Gasteiger partial charge on any atom is -0.508 e. The molecule has 1 aromatic rings. The van der Waals surface area contributed by atoms with Gasteiger partial charge in [0.1, 0.15) is 11.5 Å². The Bertz CT molecular complexity index is 361. The molecule has 0 bridgehead atoms. The minimum atomic E-state index is 0.214. The fraction of sp³-hybridized carbons (Fsp3) is 0.600. The van der Waals surface area contributed by atoms with E-state index in [2.05, 4.69) is 6.92 Å². The third-order valence-electron chi connectivity index (χ3n) is 3.20. The molecule has 0 radical (unpaired) electrons. The number of aliphatic hydroxyl groups excluding tert-OH is 1. The standard InChI is InChI=1S/C15H24O3/c1-3-4-7-12-13(8-5-6-11-16)15(18-2)10-9-14(12)17/h9-10,16-17H,3-8,11H2,1-2H3. The van der Waals surface area contributed by atoms with E-state index in [0.29, 0.717) is 5.75 Å². The molecule has 0 aromatic heterocycles.